The molecule has 0 fully saturated rings. The van der Waals surface area contributed by atoms with Gasteiger partial charge in [0.2, 0.25) is 11.8 Å². The largest absolute Gasteiger partial charge is 0.358 e. The number of carbonyl (C=O) groups is 2. The van der Waals surface area contributed by atoms with E-state index in [9.17, 15) is 9.59 Å². The van der Waals surface area contributed by atoms with Gasteiger partial charge in [0.25, 0.3) is 0 Å². The number of amides is 2. The minimum atomic E-state index is -0.200. The average Bonchev–Trinajstić information content (AvgIpc) is 2.94. The van der Waals surface area contributed by atoms with Crippen molar-refractivity contribution in [2.24, 2.45) is 0 Å². The summed E-state index contributed by atoms with van der Waals surface area (Å²) in [7, 11) is 0. The normalized spacial score (nSPS) is 10.7. The van der Waals surface area contributed by atoms with Crippen molar-refractivity contribution in [2.45, 2.75) is 26.8 Å². The van der Waals surface area contributed by atoms with E-state index >= 15 is 0 Å². The van der Waals surface area contributed by atoms with Crippen LogP contribution in [0.2, 0.25) is 0 Å². The molecular weight excluding hydrogens is 326 g/mol. The van der Waals surface area contributed by atoms with Crippen LogP contribution in [0.3, 0.4) is 0 Å². The van der Waals surface area contributed by atoms with E-state index in [1.165, 1.54) is 0 Å². The van der Waals surface area contributed by atoms with Crippen LogP contribution in [0.15, 0.2) is 48.5 Å². The van der Waals surface area contributed by atoms with Crippen LogP contribution in [0.1, 0.15) is 22.4 Å². The Bertz CT molecular complexity index is 929. The Morgan fingerprint density at radius 2 is 1.73 bits per heavy atom. The molecule has 1 aromatic heterocycles. The number of nitrogens with one attached hydrogen (secondary N) is 3. The molecule has 0 spiro atoms. The maximum absolute atomic E-state index is 12.3. The van der Waals surface area contributed by atoms with Crippen molar-refractivity contribution in [2.75, 3.05) is 6.54 Å². The molecule has 3 rings (SSSR count). The lowest BCUT2D eigenvalue weighted by Gasteiger charge is -2.07. The lowest BCUT2D eigenvalue weighted by atomic mass is 10.1. The molecule has 5 nitrogen and oxygen atoms in total. The number of carbonyl (C=O) groups excluding carboxylic acids is 2. The summed E-state index contributed by atoms with van der Waals surface area (Å²) in [6.45, 7) is 4.43. The maximum atomic E-state index is 12.3. The Morgan fingerprint density at radius 3 is 2.50 bits per heavy atom. The summed E-state index contributed by atoms with van der Waals surface area (Å²) in [6, 6.07) is 15.8. The predicted molar refractivity (Wildman–Crippen MR) is 103 cm³/mol. The molecule has 2 aromatic carbocycles. The molecule has 0 aliphatic carbocycles. The molecule has 5 heteroatoms. The van der Waals surface area contributed by atoms with Crippen LogP contribution >= 0.6 is 0 Å². The number of rotatable bonds is 6. The lowest BCUT2D eigenvalue weighted by molar-refractivity contribution is -0.125. The highest BCUT2D eigenvalue weighted by Gasteiger charge is 2.13. The number of aryl methyl sites for hydroxylation is 2. The number of hydrogen-bond acceptors (Lipinski definition) is 2. The average molecular weight is 349 g/mol. The highest BCUT2D eigenvalue weighted by molar-refractivity contribution is 5.91. The van der Waals surface area contributed by atoms with Gasteiger partial charge in [0.05, 0.1) is 13.0 Å². The molecule has 0 radical (unpaired) electrons. The van der Waals surface area contributed by atoms with E-state index in [1.54, 1.807) is 0 Å². The van der Waals surface area contributed by atoms with Gasteiger partial charge in [0.15, 0.2) is 0 Å². The quantitative estimate of drug-likeness (QED) is 0.640. The van der Waals surface area contributed by atoms with Crippen LogP contribution < -0.4 is 10.6 Å². The van der Waals surface area contributed by atoms with Gasteiger partial charge in [0, 0.05) is 23.1 Å². The molecule has 2 amide bonds. The molecule has 0 unspecified atom stereocenters. The van der Waals surface area contributed by atoms with E-state index in [1.807, 2.05) is 56.3 Å². The second-order valence-electron chi connectivity index (χ2n) is 6.49. The van der Waals surface area contributed by atoms with Crippen LogP contribution in [0.5, 0.6) is 0 Å². The second kappa shape index (κ2) is 7.87. The second-order valence-corrected chi connectivity index (χ2v) is 6.49. The van der Waals surface area contributed by atoms with Crippen LogP contribution in [0.4, 0.5) is 0 Å². The number of benzene rings is 2. The molecule has 26 heavy (non-hydrogen) atoms. The van der Waals surface area contributed by atoms with Gasteiger partial charge in [-0.1, -0.05) is 42.0 Å². The summed E-state index contributed by atoms with van der Waals surface area (Å²) in [6.07, 6.45) is 0.251. The third-order valence-electron chi connectivity index (χ3n) is 4.39. The van der Waals surface area contributed by atoms with Gasteiger partial charge in [-0.3, -0.25) is 9.59 Å². The number of aromatic nitrogens is 1. The smallest absolute Gasteiger partial charge is 0.239 e. The van der Waals surface area contributed by atoms with Crippen molar-refractivity contribution in [3.63, 3.8) is 0 Å². The molecule has 0 aliphatic heterocycles. The Labute approximate surface area is 152 Å². The summed E-state index contributed by atoms with van der Waals surface area (Å²) in [5, 5.41) is 6.56. The molecule has 0 saturated carbocycles. The highest BCUT2D eigenvalue weighted by atomic mass is 16.2. The highest BCUT2D eigenvalue weighted by Crippen LogP contribution is 2.23. The summed E-state index contributed by atoms with van der Waals surface area (Å²) in [4.78, 5) is 27.5. The Morgan fingerprint density at radius 1 is 0.962 bits per heavy atom. The molecule has 0 atom stereocenters. The summed E-state index contributed by atoms with van der Waals surface area (Å²) < 4.78 is 0. The molecule has 0 aliphatic rings. The molecule has 3 N–H and O–H groups in total. The third kappa shape index (κ3) is 4.30. The zero-order valence-corrected chi connectivity index (χ0v) is 15.1. The third-order valence-corrected chi connectivity index (χ3v) is 4.39. The van der Waals surface area contributed by atoms with Crippen LogP contribution in [-0.4, -0.2) is 23.3 Å². The molecule has 0 bridgehead atoms. The first-order chi connectivity index (χ1) is 12.5. The molecule has 1 heterocycles. The first-order valence-electron chi connectivity index (χ1n) is 8.68. The zero-order valence-electron chi connectivity index (χ0n) is 15.1. The fourth-order valence-electron chi connectivity index (χ4n) is 2.98. The van der Waals surface area contributed by atoms with E-state index in [-0.39, 0.29) is 24.8 Å². The minimum absolute atomic E-state index is 0.0217. The summed E-state index contributed by atoms with van der Waals surface area (Å²) in [5.74, 6) is -0.362. The fraction of sp³-hybridized carbons (Fsp3) is 0.238. The van der Waals surface area contributed by atoms with Gasteiger partial charge in [-0.2, -0.15) is 0 Å². The van der Waals surface area contributed by atoms with Crippen molar-refractivity contribution < 1.29 is 9.59 Å². The van der Waals surface area contributed by atoms with Crippen molar-refractivity contribution in [3.05, 3.63) is 70.9 Å². The fourth-order valence-corrected chi connectivity index (χ4v) is 2.98. The van der Waals surface area contributed by atoms with Crippen molar-refractivity contribution in [3.8, 4) is 0 Å². The van der Waals surface area contributed by atoms with E-state index < -0.39 is 0 Å². The standard InChI is InChI=1S/C21H23N3O2/c1-14-8-9-19-18(10-14)17(15(2)24-19)11-20(25)23-13-21(26)22-12-16-6-4-3-5-7-16/h3-10,24H,11-13H2,1-2H3,(H,22,26)(H,23,25). The van der Waals surface area contributed by atoms with Crippen molar-refractivity contribution >= 4 is 22.7 Å². The van der Waals surface area contributed by atoms with E-state index in [0.717, 1.165) is 33.3 Å². The van der Waals surface area contributed by atoms with Gasteiger partial charge in [-0.05, 0) is 37.1 Å². The monoisotopic (exact) mass is 349 g/mol. The Kier molecular flexibility index (Phi) is 5.37. The SMILES string of the molecule is Cc1ccc2[nH]c(C)c(CC(=O)NCC(=O)NCc3ccccc3)c2c1. The van der Waals surface area contributed by atoms with Crippen molar-refractivity contribution in [1.82, 2.24) is 15.6 Å². The molecule has 0 saturated heterocycles. The minimum Gasteiger partial charge on any atom is -0.358 e. The summed E-state index contributed by atoms with van der Waals surface area (Å²) >= 11 is 0. The van der Waals surface area contributed by atoms with Crippen LogP contribution in [-0.2, 0) is 22.6 Å². The maximum Gasteiger partial charge on any atom is 0.239 e. The van der Waals surface area contributed by atoms with E-state index in [2.05, 4.69) is 21.7 Å². The molecule has 3 aromatic rings. The van der Waals surface area contributed by atoms with E-state index in [4.69, 9.17) is 0 Å². The summed E-state index contributed by atoms with van der Waals surface area (Å²) in [5.41, 5.74) is 5.16. The number of hydrogen-bond donors (Lipinski definition) is 3. The van der Waals surface area contributed by atoms with E-state index in [0.29, 0.717) is 6.54 Å². The van der Waals surface area contributed by atoms with Gasteiger partial charge in [-0.15, -0.1) is 0 Å². The Hall–Kier alpha value is -3.08. The Balaban J connectivity index is 1.54. The first kappa shape index (κ1) is 17.7. The lowest BCUT2D eigenvalue weighted by Crippen LogP contribution is -2.37. The van der Waals surface area contributed by atoms with Gasteiger partial charge >= 0.3 is 0 Å². The molecule has 134 valence electrons. The van der Waals surface area contributed by atoms with Gasteiger partial charge in [-0.25, -0.2) is 0 Å². The topological polar surface area (TPSA) is 74.0 Å². The van der Waals surface area contributed by atoms with Crippen LogP contribution in [0, 0.1) is 13.8 Å². The molecular formula is C21H23N3O2. The predicted octanol–water partition coefficient (Wildman–Crippen LogP) is 2.76. The first-order valence-corrected chi connectivity index (χ1v) is 8.68. The number of H-pyrrole nitrogens is 1. The van der Waals surface area contributed by atoms with Crippen molar-refractivity contribution in [1.29, 1.82) is 0 Å². The zero-order chi connectivity index (χ0) is 18.5. The number of aromatic amines is 1. The number of fused-ring (bicyclic) bond motifs is 1. The van der Waals surface area contributed by atoms with Gasteiger partial charge < -0.3 is 15.6 Å². The van der Waals surface area contributed by atoms with Gasteiger partial charge in [0.1, 0.15) is 0 Å². The van der Waals surface area contributed by atoms with Crippen LogP contribution in [0.25, 0.3) is 10.9 Å².